The molecule has 6 heteroatoms. The summed E-state index contributed by atoms with van der Waals surface area (Å²) in [5.41, 5.74) is 2.33. The molecular weight excluding hydrogens is 414 g/mol. The van der Waals surface area contributed by atoms with E-state index in [2.05, 4.69) is 40.5 Å². The van der Waals surface area contributed by atoms with E-state index < -0.39 is 11.7 Å². The Morgan fingerprint density at radius 1 is 1.03 bits per heavy atom. The van der Waals surface area contributed by atoms with Crippen LogP contribution in [0.2, 0.25) is 0 Å². The van der Waals surface area contributed by atoms with Crippen LogP contribution in [0.5, 0.6) is 0 Å². The summed E-state index contributed by atoms with van der Waals surface area (Å²) in [7, 11) is 0. The van der Waals surface area contributed by atoms with Gasteiger partial charge in [-0.1, -0.05) is 37.3 Å². The highest BCUT2D eigenvalue weighted by atomic mass is 16.6. The third-order valence-corrected chi connectivity index (χ3v) is 5.84. The maximum Gasteiger partial charge on any atom is 0.412 e. The van der Waals surface area contributed by atoms with Crippen molar-refractivity contribution in [1.82, 2.24) is 4.90 Å². The number of nitrogens with one attached hydrogen (secondary N) is 1. The van der Waals surface area contributed by atoms with E-state index in [-0.39, 0.29) is 11.9 Å². The van der Waals surface area contributed by atoms with Crippen molar-refractivity contribution in [3.05, 3.63) is 60.2 Å². The Balaban J connectivity index is 1.58. The summed E-state index contributed by atoms with van der Waals surface area (Å²) in [6.45, 7) is 10.4. The summed E-state index contributed by atoms with van der Waals surface area (Å²) < 4.78 is 5.31. The number of nitrogens with zero attached hydrogens (tertiary/aromatic N) is 2. The van der Waals surface area contributed by atoms with Crippen LogP contribution in [-0.2, 0) is 16.0 Å². The molecule has 1 saturated heterocycles. The number of likely N-dealkylation sites (tertiary alicyclic amines) is 1. The van der Waals surface area contributed by atoms with Gasteiger partial charge in [-0.2, -0.15) is 0 Å². The Labute approximate surface area is 197 Å². The number of hydrogen-bond donors (Lipinski definition) is 1. The van der Waals surface area contributed by atoms with Crippen LogP contribution in [0.1, 0.15) is 52.5 Å². The van der Waals surface area contributed by atoms with Gasteiger partial charge in [0.15, 0.2) is 0 Å². The number of rotatable bonds is 7. The molecule has 1 aliphatic heterocycles. The lowest BCUT2D eigenvalue weighted by molar-refractivity contribution is -0.119. The number of amides is 2. The third-order valence-electron chi connectivity index (χ3n) is 5.84. The maximum atomic E-state index is 12.8. The van der Waals surface area contributed by atoms with Crippen LogP contribution in [0, 0.1) is 0 Å². The van der Waals surface area contributed by atoms with Crippen molar-refractivity contribution in [2.75, 3.05) is 29.9 Å². The Kier molecular flexibility index (Phi) is 8.50. The molecule has 1 fully saturated rings. The molecule has 1 aliphatic rings. The van der Waals surface area contributed by atoms with Gasteiger partial charge in [-0.05, 0) is 69.9 Å². The van der Waals surface area contributed by atoms with E-state index in [1.54, 1.807) is 0 Å². The van der Waals surface area contributed by atoms with Crippen molar-refractivity contribution in [2.45, 2.75) is 65.0 Å². The van der Waals surface area contributed by atoms with E-state index in [0.717, 1.165) is 44.6 Å². The molecular formula is C27H37N3O3. The predicted molar refractivity (Wildman–Crippen MR) is 134 cm³/mol. The second-order valence-corrected chi connectivity index (χ2v) is 9.60. The van der Waals surface area contributed by atoms with Crippen molar-refractivity contribution in [3.63, 3.8) is 0 Å². The van der Waals surface area contributed by atoms with Gasteiger partial charge in [0, 0.05) is 43.5 Å². The van der Waals surface area contributed by atoms with Crippen molar-refractivity contribution in [2.24, 2.45) is 0 Å². The number of anilines is 2. The Morgan fingerprint density at radius 2 is 1.67 bits per heavy atom. The standard InChI is InChI=1S/C27H37N3O3/c1-5-25(31)30(23-13-11-22(12-14-23)28-26(32)33-27(2,3)4)24-16-19-29(20-17-24)18-15-21-9-7-6-8-10-21/h6-14,24H,5,15-20H2,1-4H3,(H,28,32). The molecule has 0 bridgehead atoms. The predicted octanol–water partition coefficient (Wildman–Crippen LogP) is 5.48. The molecule has 0 atom stereocenters. The van der Waals surface area contributed by atoms with Gasteiger partial charge < -0.3 is 14.5 Å². The third kappa shape index (κ3) is 7.60. The summed E-state index contributed by atoms with van der Waals surface area (Å²) in [4.78, 5) is 29.3. The van der Waals surface area contributed by atoms with Crippen LogP contribution < -0.4 is 10.2 Å². The number of benzene rings is 2. The smallest absolute Gasteiger partial charge is 0.412 e. The molecule has 2 amide bonds. The van der Waals surface area contributed by atoms with Gasteiger partial charge in [0.25, 0.3) is 0 Å². The highest BCUT2D eigenvalue weighted by molar-refractivity contribution is 5.94. The van der Waals surface area contributed by atoms with Gasteiger partial charge >= 0.3 is 6.09 Å². The molecule has 1 N–H and O–H groups in total. The Bertz CT molecular complexity index is 898. The topological polar surface area (TPSA) is 61.9 Å². The summed E-state index contributed by atoms with van der Waals surface area (Å²) in [6, 6.07) is 18.2. The second-order valence-electron chi connectivity index (χ2n) is 9.60. The minimum atomic E-state index is -0.551. The van der Waals surface area contributed by atoms with Crippen LogP contribution >= 0.6 is 0 Å². The molecule has 178 valence electrons. The van der Waals surface area contributed by atoms with Crippen molar-refractivity contribution in [3.8, 4) is 0 Å². The normalized spacial score (nSPS) is 15.2. The number of carbonyl (C=O) groups excluding carboxylic acids is 2. The van der Waals surface area contributed by atoms with Gasteiger partial charge in [0.1, 0.15) is 5.60 Å². The van der Waals surface area contributed by atoms with E-state index in [1.165, 1.54) is 5.56 Å². The van der Waals surface area contributed by atoms with E-state index >= 15 is 0 Å². The van der Waals surface area contributed by atoms with Crippen molar-refractivity contribution in [1.29, 1.82) is 0 Å². The van der Waals surface area contributed by atoms with E-state index in [0.29, 0.717) is 12.1 Å². The Morgan fingerprint density at radius 3 is 2.24 bits per heavy atom. The molecule has 2 aromatic carbocycles. The van der Waals surface area contributed by atoms with Gasteiger partial charge in [-0.25, -0.2) is 4.79 Å². The molecule has 0 saturated carbocycles. The zero-order valence-corrected chi connectivity index (χ0v) is 20.3. The van der Waals surface area contributed by atoms with Crippen LogP contribution in [-0.4, -0.2) is 48.2 Å². The highest BCUT2D eigenvalue weighted by Gasteiger charge is 2.28. The average molecular weight is 452 g/mol. The minimum Gasteiger partial charge on any atom is -0.444 e. The molecule has 0 radical (unpaired) electrons. The van der Waals surface area contributed by atoms with E-state index in [9.17, 15) is 9.59 Å². The lowest BCUT2D eigenvalue weighted by Crippen LogP contribution is -2.47. The highest BCUT2D eigenvalue weighted by Crippen LogP contribution is 2.26. The SMILES string of the molecule is CCC(=O)N(c1ccc(NC(=O)OC(C)(C)C)cc1)C1CCN(CCc2ccccc2)CC1. The molecule has 3 rings (SSSR count). The van der Waals surface area contributed by atoms with Crippen LogP contribution in [0.25, 0.3) is 0 Å². The van der Waals surface area contributed by atoms with Gasteiger partial charge in [0.05, 0.1) is 0 Å². The fourth-order valence-corrected chi connectivity index (χ4v) is 4.19. The van der Waals surface area contributed by atoms with Gasteiger partial charge in [-0.3, -0.25) is 10.1 Å². The van der Waals surface area contributed by atoms with Crippen LogP contribution in [0.3, 0.4) is 0 Å². The number of hydrogen-bond acceptors (Lipinski definition) is 4. The fraction of sp³-hybridized carbons (Fsp3) is 0.481. The first-order valence-electron chi connectivity index (χ1n) is 11.9. The molecule has 0 aliphatic carbocycles. The lowest BCUT2D eigenvalue weighted by Gasteiger charge is -2.38. The molecule has 33 heavy (non-hydrogen) atoms. The van der Waals surface area contributed by atoms with E-state index in [4.69, 9.17) is 4.74 Å². The quantitative estimate of drug-likeness (QED) is 0.605. The molecule has 1 heterocycles. The lowest BCUT2D eigenvalue weighted by atomic mass is 10.0. The number of ether oxygens (including phenoxy) is 1. The largest absolute Gasteiger partial charge is 0.444 e. The molecule has 0 unspecified atom stereocenters. The number of piperidine rings is 1. The monoisotopic (exact) mass is 451 g/mol. The molecule has 0 spiro atoms. The first kappa shape index (κ1) is 24.8. The zero-order valence-electron chi connectivity index (χ0n) is 20.3. The summed E-state index contributed by atoms with van der Waals surface area (Å²) in [5.74, 6) is 0.130. The summed E-state index contributed by atoms with van der Waals surface area (Å²) >= 11 is 0. The summed E-state index contributed by atoms with van der Waals surface area (Å²) in [6.07, 6.45) is 2.94. The molecule has 6 nitrogen and oxygen atoms in total. The maximum absolute atomic E-state index is 12.8. The zero-order chi connectivity index (χ0) is 23.8. The molecule has 2 aromatic rings. The first-order chi connectivity index (χ1) is 15.7. The fourth-order valence-electron chi connectivity index (χ4n) is 4.19. The minimum absolute atomic E-state index is 0.130. The molecule has 0 aromatic heterocycles. The summed E-state index contributed by atoms with van der Waals surface area (Å²) in [5, 5.41) is 2.75. The Hall–Kier alpha value is -2.86. The van der Waals surface area contributed by atoms with Crippen molar-refractivity contribution >= 4 is 23.4 Å². The van der Waals surface area contributed by atoms with Crippen molar-refractivity contribution < 1.29 is 14.3 Å². The van der Waals surface area contributed by atoms with Crippen LogP contribution in [0.4, 0.5) is 16.2 Å². The van der Waals surface area contributed by atoms with E-state index in [1.807, 2.05) is 56.9 Å². The van der Waals surface area contributed by atoms with Gasteiger partial charge in [-0.15, -0.1) is 0 Å². The van der Waals surface area contributed by atoms with Crippen LogP contribution in [0.15, 0.2) is 54.6 Å². The first-order valence-corrected chi connectivity index (χ1v) is 11.9. The number of carbonyl (C=O) groups is 2. The average Bonchev–Trinajstić information content (AvgIpc) is 2.79. The second kappa shape index (κ2) is 11.3. The van der Waals surface area contributed by atoms with Gasteiger partial charge in [0.2, 0.25) is 5.91 Å².